The molecule has 0 unspecified atom stereocenters. The van der Waals surface area contributed by atoms with E-state index >= 15 is 0 Å². The fourth-order valence-electron chi connectivity index (χ4n) is 2.63. The lowest BCUT2D eigenvalue weighted by atomic mass is 10.2. The van der Waals surface area contributed by atoms with Gasteiger partial charge in [-0.1, -0.05) is 0 Å². The second-order valence-corrected chi connectivity index (χ2v) is 8.14. The van der Waals surface area contributed by atoms with Gasteiger partial charge in [0.1, 0.15) is 11.6 Å². The number of benzene rings is 3. The van der Waals surface area contributed by atoms with E-state index in [0.29, 0.717) is 11.8 Å². The highest BCUT2D eigenvalue weighted by atomic mass is 32.2. The summed E-state index contributed by atoms with van der Waals surface area (Å²) >= 11 is 0. The lowest BCUT2D eigenvalue weighted by Gasteiger charge is -2.12. The molecule has 0 radical (unpaired) electrons. The molecule has 0 spiro atoms. The quantitative estimate of drug-likeness (QED) is 0.394. The molecule has 0 bridgehead atoms. The van der Waals surface area contributed by atoms with Crippen molar-refractivity contribution in [2.24, 2.45) is 0 Å². The van der Waals surface area contributed by atoms with Crippen molar-refractivity contribution < 1.29 is 31.7 Å². The van der Waals surface area contributed by atoms with Crippen molar-refractivity contribution in [1.29, 1.82) is 0 Å². The summed E-state index contributed by atoms with van der Waals surface area (Å²) < 4.78 is 59.7. The summed E-state index contributed by atoms with van der Waals surface area (Å²) in [6, 6.07) is 10.7. The van der Waals surface area contributed by atoms with Gasteiger partial charge in [0.05, 0.1) is 21.6 Å². The van der Waals surface area contributed by atoms with Crippen LogP contribution < -0.4 is 14.8 Å². The number of nitro groups is 1. The van der Waals surface area contributed by atoms with Crippen LogP contribution in [0.15, 0.2) is 65.6 Å². The SMILES string of the molecule is CC(=O)Nc1ccc(S(=O)(=O)Nc2cc(Oc3ccc(F)cc3F)cc([N+](=O)[O-])c2)cc1. The maximum Gasteiger partial charge on any atom is 0.275 e. The number of carbonyl (C=O) groups is 1. The molecule has 0 fully saturated rings. The van der Waals surface area contributed by atoms with Crippen LogP contribution in [0.1, 0.15) is 6.92 Å². The molecule has 0 atom stereocenters. The third kappa shape index (κ3) is 5.55. The van der Waals surface area contributed by atoms with Crippen molar-refractivity contribution in [2.45, 2.75) is 11.8 Å². The Balaban J connectivity index is 1.91. The maximum absolute atomic E-state index is 13.9. The third-order valence-corrected chi connectivity index (χ3v) is 5.36. The zero-order valence-electron chi connectivity index (χ0n) is 16.3. The van der Waals surface area contributed by atoms with E-state index in [4.69, 9.17) is 4.74 Å². The average molecular weight is 463 g/mol. The summed E-state index contributed by atoms with van der Waals surface area (Å²) in [5.74, 6) is -2.87. The smallest absolute Gasteiger partial charge is 0.275 e. The van der Waals surface area contributed by atoms with Crippen LogP contribution in [-0.4, -0.2) is 19.2 Å². The minimum Gasteiger partial charge on any atom is -0.454 e. The number of rotatable bonds is 7. The largest absolute Gasteiger partial charge is 0.454 e. The third-order valence-electron chi connectivity index (χ3n) is 3.96. The number of halogens is 2. The minimum absolute atomic E-state index is 0.176. The molecule has 3 aromatic rings. The van der Waals surface area contributed by atoms with Crippen molar-refractivity contribution >= 4 is 33.0 Å². The molecule has 3 rings (SSSR count). The molecule has 0 aliphatic heterocycles. The van der Waals surface area contributed by atoms with Gasteiger partial charge in [-0.3, -0.25) is 19.6 Å². The van der Waals surface area contributed by atoms with E-state index in [9.17, 15) is 32.1 Å². The van der Waals surface area contributed by atoms with E-state index in [2.05, 4.69) is 10.0 Å². The molecule has 9 nitrogen and oxygen atoms in total. The first-order valence-corrected chi connectivity index (χ1v) is 10.3. The molecule has 0 saturated heterocycles. The summed E-state index contributed by atoms with van der Waals surface area (Å²) in [7, 11) is -4.17. The summed E-state index contributed by atoms with van der Waals surface area (Å²) in [4.78, 5) is 21.4. The predicted octanol–water partition coefficient (Wildman–Crippen LogP) is 4.42. The first-order chi connectivity index (χ1) is 15.0. The Morgan fingerprint density at radius 2 is 1.69 bits per heavy atom. The molecule has 0 saturated carbocycles. The fraction of sp³-hybridized carbons (Fsp3) is 0.0500. The van der Waals surface area contributed by atoms with Crippen LogP contribution in [0.25, 0.3) is 0 Å². The minimum atomic E-state index is -4.17. The van der Waals surface area contributed by atoms with Gasteiger partial charge in [0.2, 0.25) is 5.91 Å². The zero-order valence-corrected chi connectivity index (χ0v) is 17.2. The summed E-state index contributed by atoms with van der Waals surface area (Å²) in [5.41, 5.74) is -0.366. The molecular weight excluding hydrogens is 448 g/mol. The van der Waals surface area contributed by atoms with Gasteiger partial charge in [0.25, 0.3) is 15.7 Å². The number of carbonyl (C=O) groups excluding carboxylic acids is 1. The van der Waals surface area contributed by atoms with Gasteiger partial charge in [0.15, 0.2) is 11.6 Å². The number of nitrogens with zero attached hydrogens (tertiary/aromatic N) is 1. The number of amides is 1. The summed E-state index contributed by atoms with van der Waals surface area (Å²) in [6.07, 6.45) is 0. The molecule has 3 aromatic carbocycles. The van der Waals surface area contributed by atoms with E-state index in [1.807, 2.05) is 0 Å². The van der Waals surface area contributed by atoms with Crippen LogP contribution >= 0.6 is 0 Å². The molecule has 12 heteroatoms. The van der Waals surface area contributed by atoms with Crippen molar-refractivity contribution in [3.8, 4) is 11.5 Å². The second-order valence-electron chi connectivity index (χ2n) is 6.46. The normalized spacial score (nSPS) is 11.0. The van der Waals surface area contributed by atoms with Crippen LogP contribution in [0.5, 0.6) is 11.5 Å². The highest BCUT2D eigenvalue weighted by Gasteiger charge is 2.19. The molecule has 2 N–H and O–H groups in total. The number of nitrogens with one attached hydrogen (secondary N) is 2. The van der Waals surface area contributed by atoms with E-state index in [1.165, 1.54) is 31.2 Å². The Bertz CT molecular complexity index is 1300. The number of hydrogen-bond donors (Lipinski definition) is 2. The van der Waals surface area contributed by atoms with Crippen LogP contribution in [-0.2, 0) is 14.8 Å². The van der Waals surface area contributed by atoms with Gasteiger partial charge in [0, 0.05) is 30.8 Å². The fourth-order valence-corrected chi connectivity index (χ4v) is 3.67. The topological polar surface area (TPSA) is 128 Å². The monoisotopic (exact) mass is 463 g/mol. The van der Waals surface area contributed by atoms with E-state index < -0.39 is 38.0 Å². The molecule has 166 valence electrons. The highest BCUT2D eigenvalue weighted by molar-refractivity contribution is 7.92. The standard InChI is InChI=1S/C20H15F2N3O6S/c1-12(26)23-14-3-5-18(6-4-14)32(29,30)24-15-9-16(25(27)28)11-17(10-15)31-20-7-2-13(21)8-19(20)22/h2-11,24H,1H3,(H,23,26). The molecule has 0 heterocycles. The Morgan fingerprint density at radius 3 is 2.28 bits per heavy atom. The second kappa shape index (κ2) is 8.98. The molecule has 32 heavy (non-hydrogen) atoms. The maximum atomic E-state index is 13.9. The van der Waals surface area contributed by atoms with Gasteiger partial charge >= 0.3 is 0 Å². The molecular formula is C20H15F2N3O6S. The lowest BCUT2D eigenvalue weighted by molar-refractivity contribution is -0.384. The van der Waals surface area contributed by atoms with E-state index in [1.54, 1.807) is 0 Å². The van der Waals surface area contributed by atoms with Gasteiger partial charge in [-0.15, -0.1) is 0 Å². The Morgan fingerprint density at radius 1 is 1.00 bits per heavy atom. The average Bonchev–Trinajstić information content (AvgIpc) is 2.69. The molecule has 0 aliphatic carbocycles. The van der Waals surface area contributed by atoms with Crippen molar-refractivity contribution in [1.82, 2.24) is 0 Å². The van der Waals surface area contributed by atoms with Crippen molar-refractivity contribution in [3.63, 3.8) is 0 Å². The van der Waals surface area contributed by atoms with Crippen LogP contribution in [0.3, 0.4) is 0 Å². The number of sulfonamides is 1. The number of ether oxygens (including phenoxy) is 1. The van der Waals surface area contributed by atoms with Crippen molar-refractivity contribution in [2.75, 3.05) is 10.0 Å². The van der Waals surface area contributed by atoms with Crippen LogP contribution in [0.2, 0.25) is 0 Å². The number of nitro benzene ring substituents is 1. The predicted molar refractivity (Wildman–Crippen MR) is 111 cm³/mol. The number of non-ortho nitro benzene ring substituents is 1. The molecule has 0 aromatic heterocycles. The highest BCUT2D eigenvalue weighted by Crippen LogP contribution is 2.32. The first kappa shape index (κ1) is 22.6. The first-order valence-electron chi connectivity index (χ1n) is 8.86. The Hall–Kier alpha value is -4.06. The zero-order chi connectivity index (χ0) is 23.5. The number of anilines is 2. The van der Waals surface area contributed by atoms with Gasteiger partial charge in [-0.2, -0.15) is 0 Å². The summed E-state index contributed by atoms with van der Waals surface area (Å²) in [6.45, 7) is 1.30. The Labute approximate surface area is 180 Å². The molecule has 1 amide bonds. The van der Waals surface area contributed by atoms with Gasteiger partial charge < -0.3 is 10.1 Å². The van der Waals surface area contributed by atoms with Gasteiger partial charge in [-0.05, 0) is 36.4 Å². The van der Waals surface area contributed by atoms with E-state index in [0.717, 1.165) is 30.3 Å². The van der Waals surface area contributed by atoms with Crippen LogP contribution in [0.4, 0.5) is 25.8 Å². The van der Waals surface area contributed by atoms with Crippen molar-refractivity contribution in [3.05, 3.63) is 82.4 Å². The Kier molecular flexibility index (Phi) is 6.35. The van der Waals surface area contributed by atoms with Gasteiger partial charge in [-0.25, -0.2) is 17.2 Å². The molecule has 0 aliphatic rings. The van der Waals surface area contributed by atoms with E-state index in [-0.39, 0.29) is 22.2 Å². The lowest BCUT2D eigenvalue weighted by Crippen LogP contribution is -2.13. The number of hydrogen-bond acceptors (Lipinski definition) is 6. The van der Waals surface area contributed by atoms with Crippen LogP contribution in [0, 0.1) is 21.7 Å². The summed E-state index contributed by atoms with van der Waals surface area (Å²) in [5, 5.41) is 13.7.